The van der Waals surface area contributed by atoms with E-state index in [-0.39, 0.29) is 11.5 Å². The maximum atomic E-state index is 12.2. The van der Waals surface area contributed by atoms with Gasteiger partial charge in [0.25, 0.3) is 11.5 Å². The summed E-state index contributed by atoms with van der Waals surface area (Å²) in [5, 5.41) is 3.34. The number of amides is 1. The molecule has 0 unspecified atom stereocenters. The molecule has 6 heteroatoms. The summed E-state index contributed by atoms with van der Waals surface area (Å²) in [6, 6.07) is 10.2. The minimum atomic E-state index is -0.498. The number of nitrogens with two attached hydrogens (primary N) is 1. The van der Waals surface area contributed by atoms with Crippen molar-refractivity contribution in [3.05, 3.63) is 69.1 Å². The second-order valence-corrected chi connectivity index (χ2v) is 6.55. The predicted molar refractivity (Wildman–Crippen MR) is 91.9 cm³/mol. The van der Waals surface area contributed by atoms with E-state index in [0.717, 1.165) is 5.56 Å². The zero-order valence-electron chi connectivity index (χ0n) is 13.2. The van der Waals surface area contributed by atoms with Crippen LogP contribution in [0, 0.1) is 0 Å². The van der Waals surface area contributed by atoms with Gasteiger partial charge >= 0.3 is 0 Å². The van der Waals surface area contributed by atoms with Gasteiger partial charge in [0.2, 0.25) is 0 Å². The van der Waals surface area contributed by atoms with Crippen LogP contribution >= 0.6 is 11.6 Å². The topological polar surface area (TPSA) is 77.1 Å². The zero-order valence-corrected chi connectivity index (χ0v) is 13.9. The van der Waals surface area contributed by atoms with Crippen molar-refractivity contribution < 1.29 is 4.79 Å². The molecule has 0 saturated heterocycles. The first-order chi connectivity index (χ1) is 10.8. The van der Waals surface area contributed by atoms with Gasteiger partial charge in [-0.3, -0.25) is 9.59 Å². The van der Waals surface area contributed by atoms with Crippen molar-refractivity contribution in [2.45, 2.75) is 25.9 Å². The quantitative estimate of drug-likeness (QED) is 0.878. The fourth-order valence-corrected chi connectivity index (χ4v) is 2.21. The van der Waals surface area contributed by atoms with Gasteiger partial charge < -0.3 is 15.6 Å². The molecule has 1 aromatic carbocycles. The predicted octanol–water partition coefficient (Wildman–Crippen LogP) is 2.02. The van der Waals surface area contributed by atoms with Crippen molar-refractivity contribution in [2.75, 3.05) is 6.54 Å². The molecular formula is C17H20ClN3O2. The lowest BCUT2D eigenvalue weighted by Gasteiger charge is -2.19. The highest BCUT2D eigenvalue weighted by molar-refractivity contribution is 6.31. The fraction of sp³-hybridized carbons (Fsp3) is 0.294. The summed E-state index contributed by atoms with van der Waals surface area (Å²) >= 11 is 6.12. The van der Waals surface area contributed by atoms with Crippen molar-refractivity contribution in [1.82, 2.24) is 9.88 Å². The van der Waals surface area contributed by atoms with Gasteiger partial charge in [-0.1, -0.05) is 29.8 Å². The van der Waals surface area contributed by atoms with Gasteiger partial charge in [-0.05, 0) is 31.5 Å². The van der Waals surface area contributed by atoms with E-state index in [4.69, 9.17) is 17.3 Å². The van der Waals surface area contributed by atoms with Crippen LogP contribution in [-0.2, 0) is 6.54 Å². The summed E-state index contributed by atoms with van der Waals surface area (Å²) in [7, 11) is 0. The number of benzene rings is 1. The van der Waals surface area contributed by atoms with Gasteiger partial charge in [0.1, 0.15) is 0 Å². The lowest BCUT2D eigenvalue weighted by molar-refractivity contribution is 0.0945. The van der Waals surface area contributed by atoms with Crippen LogP contribution in [-0.4, -0.2) is 22.6 Å². The molecule has 0 aliphatic rings. The van der Waals surface area contributed by atoms with Crippen LogP contribution in [0.15, 0.2) is 47.4 Å². The molecule has 3 N–H and O–H groups in total. The molecule has 1 heterocycles. The normalized spacial score (nSPS) is 11.3. The summed E-state index contributed by atoms with van der Waals surface area (Å²) < 4.78 is 1.46. The first-order valence-corrected chi connectivity index (χ1v) is 7.65. The van der Waals surface area contributed by atoms with E-state index in [2.05, 4.69) is 5.32 Å². The highest BCUT2D eigenvalue weighted by Gasteiger charge is 2.14. The molecule has 122 valence electrons. The number of hydrogen-bond acceptors (Lipinski definition) is 3. The Hall–Kier alpha value is -2.11. The van der Waals surface area contributed by atoms with E-state index >= 15 is 0 Å². The summed E-state index contributed by atoms with van der Waals surface area (Å²) in [6.45, 7) is 4.30. The van der Waals surface area contributed by atoms with E-state index in [1.807, 2.05) is 32.0 Å². The molecule has 0 aliphatic carbocycles. The Morgan fingerprint density at radius 2 is 1.96 bits per heavy atom. The summed E-state index contributed by atoms with van der Waals surface area (Å²) in [6.07, 6.45) is 1.53. The van der Waals surface area contributed by atoms with Gasteiger partial charge in [-0.25, -0.2) is 0 Å². The second kappa shape index (κ2) is 6.98. The minimum Gasteiger partial charge on any atom is -0.350 e. The Kier molecular flexibility index (Phi) is 5.23. The van der Waals surface area contributed by atoms with E-state index in [1.165, 1.54) is 22.9 Å². The zero-order chi connectivity index (χ0) is 17.0. The van der Waals surface area contributed by atoms with Crippen molar-refractivity contribution in [2.24, 2.45) is 5.73 Å². The number of carbonyl (C=O) groups excluding carboxylic acids is 1. The fourth-order valence-electron chi connectivity index (χ4n) is 2.01. The number of nitrogens with one attached hydrogen (secondary N) is 1. The highest BCUT2D eigenvalue weighted by atomic mass is 35.5. The maximum absolute atomic E-state index is 12.2. The van der Waals surface area contributed by atoms with Crippen LogP contribution in [0.4, 0.5) is 0 Å². The smallest absolute Gasteiger partial charge is 0.252 e. The Bertz CT molecular complexity index is 763. The standard InChI is InChI=1S/C17H20ClN3O2/c1-17(2,19)11-20-16(23)13-7-8-15(22)21(10-13)9-12-5-3-4-6-14(12)18/h3-8,10H,9,11,19H2,1-2H3,(H,20,23). The minimum absolute atomic E-state index is 0.194. The number of aromatic nitrogens is 1. The number of hydrogen-bond donors (Lipinski definition) is 2. The van der Waals surface area contributed by atoms with Crippen LogP contribution in [0.5, 0.6) is 0 Å². The van der Waals surface area contributed by atoms with Gasteiger partial charge in [0.15, 0.2) is 0 Å². The van der Waals surface area contributed by atoms with Gasteiger partial charge in [0, 0.05) is 29.4 Å². The SMILES string of the molecule is CC(C)(N)CNC(=O)c1ccc(=O)n(Cc2ccccc2Cl)c1. The van der Waals surface area contributed by atoms with E-state index in [9.17, 15) is 9.59 Å². The first-order valence-electron chi connectivity index (χ1n) is 7.27. The molecule has 0 fully saturated rings. The third-order valence-electron chi connectivity index (χ3n) is 3.25. The van der Waals surface area contributed by atoms with Crippen molar-refractivity contribution in [3.63, 3.8) is 0 Å². The molecular weight excluding hydrogens is 314 g/mol. The molecule has 0 atom stereocenters. The molecule has 2 rings (SSSR count). The molecule has 23 heavy (non-hydrogen) atoms. The number of carbonyl (C=O) groups is 1. The van der Waals surface area contributed by atoms with Crippen LogP contribution < -0.4 is 16.6 Å². The maximum Gasteiger partial charge on any atom is 0.252 e. The largest absolute Gasteiger partial charge is 0.350 e. The molecule has 0 saturated carbocycles. The van der Waals surface area contributed by atoms with Gasteiger partial charge in [0.05, 0.1) is 12.1 Å². The Morgan fingerprint density at radius 1 is 1.26 bits per heavy atom. The molecule has 1 aromatic heterocycles. The first kappa shape index (κ1) is 17.2. The van der Waals surface area contributed by atoms with Crippen LogP contribution in [0.25, 0.3) is 0 Å². The van der Waals surface area contributed by atoms with E-state index in [1.54, 1.807) is 6.07 Å². The lowest BCUT2D eigenvalue weighted by Crippen LogP contribution is -2.45. The van der Waals surface area contributed by atoms with Crippen LogP contribution in [0.1, 0.15) is 29.8 Å². The van der Waals surface area contributed by atoms with E-state index in [0.29, 0.717) is 23.7 Å². The third-order valence-corrected chi connectivity index (χ3v) is 3.62. The Balaban J connectivity index is 2.21. The number of pyridine rings is 1. The molecule has 2 aromatic rings. The lowest BCUT2D eigenvalue weighted by atomic mass is 10.1. The van der Waals surface area contributed by atoms with Crippen molar-refractivity contribution >= 4 is 17.5 Å². The average Bonchev–Trinajstić information content (AvgIpc) is 2.48. The average molecular weight is 334 g/mol. The summed E-state index contributed by atoms with van der Waals surface area (Å²) in [5.74, 6) is -0.267. The third kappa shape index (κ3) is 4.94. The molecule has 1 amide bonds. The summed E-state index contributed by atoms with van der Waals surface area (Å²) in [4.78, 5) is 24.2. The Morgan fingerprint density at radius 3 is 2.61 bits per heavy atom. The molecule has 0 bridgehead atoms. The van der Waals surface area contributed by atoms with Crippen molar-refractivity contribution in [3.8, 4) is 0 Å². The number of rotatable bonds is 5. The molecule has 0 radical (unpaired) electrons. The summed E-state index contributed by atoms with van der Waals surface area (Å²) in [5.41, 5.74) is 6.38. The molecule has 0 aliphatic heterocycles. The van der Waals surface area contributed by atoms with E-state index < -0.39 is 5.54 Å². The van der Waals surface area contributed by atoms with Crippen LogP contribution in [0.3, 0.4) is 0 Å². The molecule has 5 nitrogen and oxygen atoms in total. The van der Waals surface area contributed by atoms with Gasteiger partial charge in [-0.15, -0.1) is 0 Å². The highest BCUT2D eigenvalue weighted by Crippen LogP contribution is 2.15. The molecule has 0 spiro atoms. The number of halogens is 1. The monoisotopic (exact) mass is 333 g/mol. The number of nitrogens with zero attached hydrogens (tertiary/aromatic N) is 1. The van der Waals surface area contributed by atoms with Crippen molar-refractivity contribution in [1.29, 1.82) is 0 Å². The second-order valence-electron chi connectivity index (χ2n) is 6.15. The van der Waals surface area contributed by atoms with Crippen LogP contribution in [0.2, 0.25) is 5.02 Å². The Labute approximate surface area is 140 Å². The van der Waals surface area contributed by atoms with Gasteiger partial charge in [-0.2, -0.15) is 0 Å².